The summed E-state index contributed by atoms with van der Waals surface area (Å²) in [7, 11) is 0. The van der Waals surface area contributed by atoms with E-state index in [1.165, 1.54) is 19.3 Å². The van der Waals surface area contributed by atoms with E-state index in [2.05, 4.69) is 20.8 Å². The summed E-state index contributed by atoms with van der Waals surface area (Å²) in [5.74, 6) is 1.25. The second-order valence-electron chi connectivity index (χ2n) is 5.72. The van der Waals surface area contributed by atoms with Gasteiger partial charge in [0, 0.05) is 18.3 Å². The maximum atomic E-state index is 12.3. The molecule has 0 bridgehead atoms. The molecule has 0 radical (unpaired) electrons. The third-order valence-electron chi connectivity index (χ3n) is 3.84. The Labute approximate surface area is 129 Å². The number of aromatic nitrogens is 2. The van der Waals surface area contributed by atoms with Crippen molar-refractivity contribution in [2.75, 3.05) is 5.32 Å². The fraction of sp³-hybridized carbons (Fsp3) is 0.438. The molecule has 2 heterocycles. The minimum absolute atomic E-state index is 0.0700. The van der Waals surface area contributed by atoms with E-state index in [1.54, 1.807) is 24.5 Å². The minimum atomic E-state index is -0.0700. The Morgan fingerprint density at radius 3 is 2.77 bits per heavy atom. The average molecular weight is 300 g/mol. The molecule has 3 rings (SSSR count). The van der Waals surface area contributed by atoms with Gasteiger partial charge in [-0.05, 0) is 25.8 Å². The van der Waals surface area contributed by atoms with Crippen molar-refractivity contribution >= 4 is 17.4 Å². The fourth-order valence-corrected chi connectivity index (χ4v) is 2.72. The number of hydrogen-bond acceptors (Lipinski definition) is 5. The first-order chi connectivity index (χ1) is 10.7. The van der Waals surface area contributed by atoms with Gasteiger partial charge in [0.2, 0.25) is 0 Å². The second kappa shape index (κ2) is 6.60. The van der Waals surface area contributed by atoms with Crippen LogP contribution in [0.4, 0.5) is 11.5 Å². The van der Waals surface area contributed by atoms with Gasteiger partial charge < -0.3 is 15.2 Å². The molecule has 0 aliphatic heterocycles. The molecule has 1 amide bonds. The van der Waals surface area contributed by atoms with Gasteiger partial charge in [0.15, 0.2) is 5.82 Å². The van der Waals surface area contributed by atoms with Crippen molar-refractivity contribution in [1.29, 1.82) is 0 Å². The lowest BCUT2D eigenvalue weighted by molar-refractivity contribution is 0.0927. The Kier molecular flexibility index (Phi) is 4.37. The fourth-order valence-electron chi connectivity index (χ4n) is 2.72. The van der Waals surface area contributed by atoms with Gasteiger partial charge in [-0.1, -0.05) is 24.4 Å². The molecule has 1 fully saturated rings. The zero-order valence-electron chi connectivity index (χ0n) is 12.6. The van der Waals surface area contributed by atoms with E-state index in [1.807, 2.05) is 6.92 Å². The molecule has 1 saturated carbocycles. The predicted molar refractivity (Wildman–Crippen MR) is 83.1 cm³/mol. The number of aryl methyl sites for hydroxylation is 1. The first-order valence-corrected chi connectivity index (χ1v) is 7.67. The van der Waals surface area contributed by atoms with Gasteiger partial charge >= 0.3 is 0 Å². The molecule has 6 heteroatoms. The lowest BCUT2D eigenvalue weighted by Gasteiger charge is -2.22. The first-order valence-electron chi connectivity index (χ1n) is 7.67. The normalized spacial score (nSPS) is 15.5. The number of nitrogens with one attached hydrogen (secondary N) is 2. The maximum absolute atomic E-state index is 12.3. The molecular formula is C16H20N4O2. The molecule has 0 spiro atoms. The number of amides is 1. The van der Waals surface area contributed by atoms with E-state index in [-0.39, 0.29) is 11.9 Å². The van der Waals surface area contributed by atoms with Gasteiger partial charge in [-0.25, -0.2) is 0 Å². The molecule has 2 aromatic heterocycles. The summed E-state index contributed by atoms with van der Waals surface area (Å²) in [4.78, 5) is 16.4. The summed E-state index contributed by atoms with van der Waals surface area (Å²) in [6, 6.07) is 3.85. The summed E-state index contributed by atoms with van der Waals surface area (Å²) in [6.07, 6.45) is 9.01. The molecule has 22 heavy (non-hydrogen) atoms. The summed E-state index contributed by atoms with van der Waals surface area (Å²) >= 11 is 0. The van der Waals surface area contributed by atoms with Crippen LogP contribution in [0.2, 0.25) is 0 Å². The molecule has 0 atom stereocenters. The van der Waals surface area contributed by atoms with Crippen molar-refractivity contribution in [2.45, 2.75) is 45.1 Å². The molecule has 1 aliphatic carbocycles. The first kappa shape index (κ1) is 14.6. The largest absolute Gasteiger partial charge is 0.360 e. The lowest BCUT2D eigenvalue weighted by Crippen LogP contribution is -2.36. The van der Waals surface area contributed by atoms with Gasteiger partial charge in [-0.2, -0.15) is 0 Å². The van der Waals surface area contributed by atoms with Crippen molar-refractivity contribution in [3.63, 3.8) is 0 Å². The van der Waals surface area contributed by atoms with Crippen LogP contribution < -0.4 is 10.6 Å². The van der Waals surface area contributed by atoms with Crippen LogP contribution in [0.25, 0.3) is 0 Å². The van der Waals surface area contributed by atoms with E-state index in [0.29, 0.717) is 17.1 Å². The monoisotopic (exact) mass is 300 g/mol. The molecule has 0 unspecified atom stereocenters. The van der Waals surface area contributed by atoms with Gasteiger partial charge in [0.05, 0.1) is 17.4 Å². The van der Waals surface area contributed by atoms with E-state index in [9.17, 15) is 4.79 Å². The van der Waals surface area contributed by atoms with Crippen LogP contribution in [0.15, 0.2) is 29.0 Å². The quantitative estimate of drug-likeness (QED) is 0.906. The molecule has 2 N–H and O–H groups in total. The number of rotatable bonds is 4. The van der Waals surface area contributed by atoms with E-state index in [0.717, 1.165) is 18.6 Å². The van der Waals surface area contributed by atoms with Gasteiger partial charge in [0.1, 0.15) is 5.76 Å². The Balaban J connectivity index is 1.66. The standard InChI is InChI=1S/C16H20N4O2/c1-11-7-15(20-22-11)18-14-8-12(9-17-10-14)16(21)19-13-5-3-2-4-6-13/h7-10,13H,2-6H2,1H3,(H,18,20)(H,19,21). The summed E-state index contributed by atoms with van der Waals surface area (Å²) in [6.45, 7) is 1.82. The Morgan fingerprint density at radius 2 is 2.05 bits per heavy atom. The number of hydrogen-bond donors (Lipinski definition) is 2. The van der Waals surface area contributed by atoms with Crippen LogP contribution in [0, 0.1) is 6.92 Å². The van der Waals surface area contributed by atoms with Crippen LogP contribution in [-0.4, -0.2) is 22.1 Å². The van der Waals surface area contributed by atoms with Gasteiger partial charge in [-0.3, -0.25) is 9.78 Å². The maximum Gasteiger partial charge on any atom is 0.253 e. The highest BCUT2D eigenvalue weighted by Gasteiger charge is 2.17. The topological polar surface area (TPSA) is 80.0 Å². The highest BCUT2D eigenvalue weighted by molar-refractivity contribution is 5.95. The summed E-state index contributed by atoms with van der Waals surface area (Å²) in [5, 5.41) is 10.0. The van der Waals surface area contributed by atoms with Crippen LogP contribution in [-0.2, 0) is 0 Å². The summed E-state index contributed by atoms with van der Waals surface area (Å²) in [5.41, 5.74) is 1.26. The average Bonchev–Trinajstić information content (AvgIpc) is 2.93. The third kappa shape index (κ3) is 3.63. The van der Waals surface area contributed by atoms with E-state index in [4.69, 9.17) is 4.52 Å². The van der Waals surface area contributed by atoms with Crippen LogP contribution in [0.1, 0.15) is 48.2 Å². The smallest absolute Gasteiger partial charge is 0.253 e. The molecule has 0 aromatic carbocycles. The molecule has 1 aliphatic rings. The Morgan fingerprint density at radius 1 is 1.23 bits per heavy atom. The van der Waals surface area contributed by atoms with Crippen molar-refractivity contribution < 1.29 is 9.32 Å². The van der Waals surface area contributed by atoms with Gasteiger partial charge in [0.25, 0.3) is 5.91 Å². The van der Waals surface area contributed by atoms with E-state index < -0.39 is 0 Å². The number of nitrogens with zero attached hydrogens (tertiary/aromatic N) is 2. The lowest BCUT2D eigenvalue weighted by atomic mass is 9.95. The van der Waals surface area contributed by atoms with Gasteiger partial charge in [-0.15, -0.1) is 0 Å². The second-order valence-corrected chi connectivity index (χ2v) is 5.72. The van der Waals surface area contributed by atoms with Crippen LogP contribution in [0.3, 0.4) is 0 Å². The predicted octanol–water partition coefficient (Wildman–Crippen LogP) is 3.18. The van der Waals surface area contributed by atoms with Crippen LogP contribution >= 0.6 is 0 Å². The third-order valence-corrected chi connectivity index (χ3v) is 3.84. The minimum Gasteiger partial charge on any atom is -0.360 e. The number of pyridine rings is 1. The SMILES string of the molecule is Cc1cc(Nc2cncc(C(=O)NC3CCCCC3)c2)no1. The van der Waals surface area contributed by atoms with Crippen molar-refractivity contribution in [2.24, 2.45) is 0 Å². The van der Waals surface area contributed by atoms with Crippen molar-refractivity contribution in [1.82, 2.24) is 15.5 Å². The van der Waals surface area contributed by atoms with Crippen LogP contribution in [0.5, 0.6) is 0 Å². The number of carbonyl (C=O) groups is 1. The van der Waals surface area contributed by atoms with E-state index >= 15 is 0 Å². The molecule has 0 saturated heterocycles. The highest BCUT2D eigenvalue weighted by atomic mass is 16.5. The van der Waals surface area contributed by atoms with Crippen molar-refractivity contribution in [3.8, 4) is 0 Å². The zero-order valence-corrected chi connectivity index (χ0v) is 12.6. The molecule has 116 valence electrons. The number of anilines is 2. The zero-order chi connectivity index (χ0) is 15.4. The highest BCUT2D eigenvalue weighted by Crippen LogP contribution is 2.19. The van der Waals surface area contributed by atoms with Crippen molar-refractivity contribution in [3.05, 3.63) is 35.9 Å². The molecular weight excluding hydrogens is 280 g/mol. The Bertz CT molecular complexity index is 647. The number of carbonyl (C=O) groups excluding carboxylic acids is 1. The summed E-state index contributed by atoms with van der Waals surface area (Å²) < 4.78 is 5.00. The molecule has 6 nitrogen and oxygen atoms in total. The molecule has 2 aromatic rings. The Hall–Kier alpha value is -2.37.